The molecule has 0 heterocycles. The van der Waals surface area contributed by atoms with Crippen LogP contribution in [0.15, 0.2) is 0 Å². The molecule has 0 rings (SSSR count). The molecule has 0 aromatic carbocycles. The largest absolute Gasteiger partial charge is 0.469 e. The normalized spacial score (nSPS) is 14.3. The number of aliphatic hydroxyl groups is 2. The lowest BCUT2D eigenvalue weighted by atomic mass is 10.0. The molecule has 0 saturated carbocycles. The summed E-state index contributed by atoms with van der Waals surface area (Å²) in [7, 11) is -4.65. The molecule has 7 heteroatoms. The highest BCUT2D eigenvalue weighted by molar-refractivity contribution is 7.46. The van der Waals surface area contributed by atoms with Gasteiger partial charge in [0.25, 0.3) is 0 Å². The molecule has 0 aromatic rings. The molecule has 0 bridgehead atoms. The van der Waals surface area contributed by atoms with Crippen molar-refractivity contribution in [3.63, 3.8) is 0 Å². The Morgan fingerprint density at radius 3 is 1.39 bits per heavy atom. The lowest BCUT2D eigenvalue weighted by Crippen LogP contribution is -2.31. The minimum Gasteiger partial charge on any atom is -0.394 e. The minimum atomic E-state index is -4.65. The van der Waals surface area contributed by atoms with Crippen molar-refractivity contribution in [2.45, 2.75) is 128 Å². The molecule has 0 radical (unpaired) electrons. The Kier molecular flexibility index (Phi) is 19.0. The lowest BCUT2D eigenvalue weighted by molar-refractivity contribution is -0.0179. The predicted molar refractivity (Wildman–Crippen MR) is 114 cm³/mol. The molecule has 0 aromatic heterocycles. The van der Waals surface area contributed by atoms with Gasteiger partial charge in [0.1, 0.15) is 6.10 Å². The Hall–Kier alpha value is 0.0300. The van der Waals surface area contributed by atoms with Gasteiger partial charge in [0.2, 0.25) is 0 Å². The molecule has 4 N–H and O–H groups in total. The first-order chi connectivity index (χ1) is 13.4. The number of aliphatic hydroxyl groups excluding tert-OH is 2. The molecule has 0 fully saturated rings. The van der Waals surface area contributed by atoms with Crippen LogP contribution in [0.1, 0.15) is 116 Å². The number of phosphoric ester groups is 1. The third-order valence-corrected chi connectivity index (χ3v) is 5.78. The van der Waals surface area contributed by atoms with Crippen LogP contribution in [0.2, 0.25) is 0 Å². The quantitative estimate of drug-likeness (QED) is 0.144. The number of unbranched alkanes of at least 4 members (excludes halogenated alkanes) is 15. The SMILES string of the molecule is CCCCCCCCCCCCCCCCCCC(OP(=O)(O)O)C(O)CO. The van der Waals surface area contributed by atoms with Gasteiger partial charge in [-0.05, 0) is 6.42 Å². The Labute approximate surface area is 172 Å². The summed E-state index contributed by atoms with van der Waals surface area (Å²) >= 11 is 0. The second kappa shape index (κ2) is 19.0. The minimum absolute atomic E-state index is 0.339. The molecule has 2 unspecified atom stereocenters. The van der Waals surface area contributed by atoms with Gasteiger partial charge in [-0.25, -0.2) is 4.57 Å². The molecule has 0 aliphatic heterocycles. The predicted octanol–water partition coefficient (Wildman–Crippen LogP) is 5.47. The maximum absolute atomic E-state index is 10.9. The highest BCUT2D eigenvalue weighted by Gasteiger charge is 2.27. The van der Waals surface area contributed by atoms with Crippen LogP contribution >= 0.6 is 7.82 Å². The fraction of sp³-hybridized carbons (Fsp3) is 1.00. The molecule has 0 spiro atoms. The standard InChI is InChI=1S/C21H45O6P/c1-2-3-4-5-6-7-8-9-10-11-12-13-14-15-16-17-18-21(20(23)19-22)27-28(24,25)26/h20-23H,2-19H2,1H3,(H2,24,25,26). The van der Waals surface area contributed by atoms with Gasteiger partial charge in [-0.3, -0.25) is 4.52 Å². The highest BCUT2D eigenvalue weighted by atomic mass is 31.2. The Bertz CT molecular complexity index is 374. The van der Waals surface area contributed by atoms with Gasteiger partial charge in [0.05, 0.1) is 12.7 Å². The van der Waals surface area contributed by atoms with E-state index in [1.165, 1.54) is 83.5 Å². The zero-order valence-corrected chi connectivity index (χ0v) is 18.8. The summed E-state index contributed by atoms with van der Waals surface area (Å²) in [4.78, 5) is 17.7. The van der Waals surface area contributed by atoms with E-state index in [0.717, 1.165) is 19.3 Å². The number of hydrogen-bond donors (Lipinski definition) is 4. The van der Waals surface area contributed by atoms with E-state index in [4.69, 9.17) is 14.9 Å². The second-order valence-electron chi connectivity index (χ2n) is 7.98. The van der Waals surface area contributed by atoms with Crippen LogP contribution in [-0.2, 0) is 9.09 Å². The maximum Gasteiger partial charge on any atom is 0.469 e. The first-order valence-corrected chi connectivity index (χ1v) is 13.0. The van der Waals surface area contributed by atoms with Crippen LogP contribution in [-0.4, -0.2) is 38.8 Å². The topological polar surface area (TPSA) is 107 Å². The van der Waals surface area contributed by atoms with Crippen LogP contribution in [0.25, 0.3) is 0 Å². The fourth-order valence-electron chi connectivity index (χ4n) is 3.50. The zero-order valence-electron chi connectivity index (χ0n) is 17.9. The van der Waals surface area contributed by atoms with Crippen molar-refractivity contribution in [2.75, 3.05) is 6.61 Å². The highest BCUT2D eigenvalue weighted by Crippen LogP contribution is 2.39. The third kappa shape index (κ3) is 19.4. The summed E-state index contributed by atoms with van der Waals surface area (Å²) in [6.45, 7) is 1.69. The van der Waals surface area contributed by atoms with E-state index in [1.54, 1.807) is 0 Å². The van der Waals surface area contributed by atoms with Crippen LogP contribution in [0.4, 0.5) is 0 Å². The lowest BCUT2D eigenvalue weighted by Gasteiger charge is -2.21. The van der Waals surface area contributed by atoms with E-state index in [1.807, 2.05) is 0 Å². The van der Waals surface area contributed by atoms with Crippen molar-refractivity contribution in [2.24, 2.45) is 0 Å². The fourth-order valence-corrected chi connectivity index (χ4v) is 4.10. The van der Waals surface area contributed by atoms with E-state index in [-0.39, 0.29) is 0 Å². The van der Waals surface area contributed by atoms with Crippen molar-refractivity contribution in [3.8, 4) is 0 Å². The van der Waals surface area contributed by atoms with Crippen LogP contribution < -0.4 is 0 Å². The number of phosphoric acid groups is 1. The van der Waals surface area contributed by atoms with E-state index < -0.39 is 26.6 Å². The summed E-state index contributed by atoms with van der Waals surface area (Å²) < 4.78 is 15.5. The smallest absolute Gasteiger partial charge is 0.394 e. The summed E-state index contributed by atoms with van der Waals surface area (Å²) in [6, 6.07) is 0. The van der Waals surface area contributed by atoms with Crippen LogP contribution in [0.5, 0.6) is 0 Å². The van der Waals surface area contributed by atoms with Gasteiger partial charge in [-0.1, -0.05) is 110 Å². The second-order valence-corrected chi connectivity index (χ2v) is 9.17. The zero-order chi connectivity index (χ0) is 21.1. The van der Waals surface area contributed by atoms with Crippen molar-refractivity contribution < 1.29 is 29.1 Å². The molecule has 28 heavy (non-hydrogen) atoms. The van der Waals surface area contributed by atoms with Gasteiger partial charge in [0.15, 0.2) is 0 Å². The van der Waals surface area contributed by atoms with Crippen LogP contribution in [0.3, 0.4) is 0 Å². The van der Waals surface area contributed by atoms with E-state index in [2.05, 4.69) is 11.4 Å². The van der Waals surface area contributed by atoms with Gasteiger partial charge < -0.3 is 20.0 Å². The number of rotatable bonds is 21. The molecule has 0 saturated heterocycles. The Balaban J connectivity index is 3.43. The maximum atomic E-state index is 10.9. The summed E-state index contributed by atoms with van der Waals surface area (Å²) in [5.41, 5.74) is 0. The molecule has 170 valence electrons. The van der Waals surface area contributed by atoms with Crippen molar-refractivity contribution in [3.05, 3.63) is 0 Å². The van der Waals surface area contributed by atoms with Crippen molar-refractivity contribution in [1.29, 1.82) is 0 Å². The van der Waals surface area contributed by atoms with E-state index in [0.29, 0.717) is 6.42 Å². The molecule has 0 aliphatic carbocycles. The molecular weight excluding hydrogens is 379 g/mol. The Morgan fingerprint density at radius 2 is 1.07 bits per heavy atom. The summed E-state index contributed by atoms with van der Waals surface area (Å²) in [5, 5.41) is 18.5. The monoisotopic (exact) mass is 424 g/mol. The number of hydrogen-bond acceptors (Lipinski definition) is 4. The molecule has 6 nitrogen and oxygen atoms in total. The molecule has 2 atom stereocenters. The average Bonchev–Trinajstić information content (AvgIpc) is 2.65. The Morgan fingerprint density at radius 1 is 0.714 bits per heavy atom. The first-order valence-electron chi connectivity index (χ1n) is 11.4. The van der Waals surface area contributed by atoms with E-state index in [9.17, 15) is 9.67 Å². The average molecular weight is 425 g/mol. The summed E-state index contributed by atoms with van der Waals surface area (Å²) in [5.74, 6) is 0. The first kappa shape index (κ1) is 28.0. The molecular formula is C21H45O6P. The summed E-state index contributed by atoms with van der Waals surface area (Å²) in [6.07, 6.45) is 18.2. The van der Waals surface area contributed by atoms with Crippen LogP contribution in [0, 0.1) is 0 Å². The van der Waals surface area contributed by atoms with Crippen molar-refractivity contribution in [1.82, 2.24) is 0 Å². The van der Waals surface area contributed by atoms with Gasteiger partial charge in [-0.2, -0.15) is 0 Å². The van der Waals surface area contributed by atoms with Gasteiger partial charge in [-0.15, -0.1) is 0 Å². The van der Waals surface area contributed by atoms with Gasteiger partial charge >= 0.3 is 7.82 Å². The van der Waals surface area contributed by atoms with Crippen molar-refractivity contribution >= 4 is 7.82 Å². The van der Waals surface area contributed by atoms with Gasteiger partial charge in [0, 0.05) is 0 Å². The third-order valence-electron chi connectivity index (χ3n) is 5.23. The molecule has 0 aliphatic rings. The van der Waals surface area contributed by atoms with E-state index >= 15 is 0 Å². The molecule has 0 amide bonds.